The number of carbonyl (C=O) groups is 1. The summed E-state index contributed by atoms with van der Waals surface area (Å²) in [6.45, 7) is 23.9. The van der Waals surface area contributed by atoms with Crippen LogP contribution in [0, 0.1) is 56.7 Å². The molecule has 192 valence electrons. The van der Waals surface area contributed by atoms with Crippen molar-refractivity contribution in [3.05, 3.63) is 12.2 Å². The second-order valence-electron chi connectivity index (χ2n) is 15.3. The zero-order valence-corrected chi connectivity index (χ0v) is 23.6. The molecule has 0 aromatic carbocycles. The smallest absolute Gasteiger partial charge is 0.302 e. The van der Waals surface area contributed by atoms with E-state index in [2.05, 4.69) is 55.0 Å². The molecule has 5 aliphatic carbocycles. The largest absolute Gasteiger partial charge is 0.462 e. The highest BCUT2D eigenvalue weighted by molar-refractivity contribution is 5.66. The number of esters is 1. The van der Waals surface area contributed by atoms with Gasteiger partial charge in [0.25, 0.3) is 0 Å². The lowest BCUT2D eigenvalue weighted by Crippen LogP contribution is -2.66. The Bertz CT molecular complexity index is 872. The third kappa shape index (κ3) is 3.08. The van der Waals surface area contributed by atoms with Gasteiger partial charge >= 0.3 is 5.97 Å². The van der Waals surface area contributed by atoms with Gasteiger partial charge in [-0.15, -0.1) is 0 Å². The number of ether oxygens (including phenoxy) is 1. The van der Waals surface area contributed by atoms with E-state index in [0.29, 0.717) is 27.6 Å². The average Bonchev–Trinajstić information content (AvgIpc) is 3.08. The molecule has 5 rings (SSSR count). The highest BCUT2D eigenvalue weighted by Gasteiger charge is 2.70. The molecule has 2 heteroatoms. The van der Waals surface area contributed by atoms with Crippen molar-refractivity contribution < 1.29 is 9.53 Å². The van der Waals surface area contributed by atoms with Gasteiger partial charge in [0.2, 0.25) is 0 Å². The maximum atomic E-state index is 11.9. The fraction of sp³-hybridized carbons (Fsp3) is 0.906. The first-order chi connectivity index (χ1) is 15.7. The molecule has 0 bridgehead atoms. The Kier molecular flexibility index (Phi) is 5.57. The number of carbonyl (C=O) groups excluding carboxylic acids is 1. The van der Waals surface area contributed by atoms with Crippen LogP contribution in [0.2, 0.25) is 0 Å². The first-order valence-corrected chi connectivity index (χ1v) is 14.5. The van der Waals surface area contributed by atoms with Crippen molar-refractivity contribution in [2.24, 2.45) is 56.7 Å². The zero-order valence-electron chi connectivity index (χ0n) is 23.6. The van der Waals surface area contributed by atoms with E-state index in [1.54, 1.807) is 6.92 Å². The van der Waals surface area contributed by atoms with Gasteiger partial charge in [-0.2, -0.15) is 0 Å². The van der Waals surface area contributed by atoms with Crippen molar-refractivity contribution >= 4 is 5.97 Å². The quantitative estimate of drug-likeness (QED) is 0.299. The summed E-state index contributed by atoms with van der Waals surface area (Å²) in [6.07, 6.45) is 13.4. The third-order valence-corrected chi connectivity index (χ3v) is 13.7. The van der Waals surface area contributed by atoms with E-state index in [0.717, 1.165) is 30.1 Å². The molecule has 0 aromatic rings. The minimum Gasteiger partial charge on any atom is -0.462 e. The van der Waals surface area contributed by atoms with Crippen LogP contribution >= 0.6 is 0 Å². The summed E-state index contributed by atoms with van der Waals surface area (Å²) >= 11 is 0. The van der Waals surface area contributed by atoms with Crippen LogP contribution in [0.25, 0.3) is 0 Å². The molecule has 0 aromatic heterocycles. The second kappa shape index (κ2) is 7.61. The molecular formula is C32H52O2. The Morgan fingerprint density at radius 3 is 2.12 bits per heavy atom. The lowest BCUT2D eigenvalue weighted by molar-refractivity contribution is -0.248. The summed E-state index contributed by atoms with van der Waals surface area (Å²) in [7, 11) is 0. The van der Waals surface area contributed by atoms with E-state index in [9.17, 15) is 4.79 Å². The van der Waals surface area contributed by atoms with Crippen molar-refractivity contribution in [3.8, 4) is 0 Å². The van der Waals surface area contributed by atoms with Crippen LogP contribution in [0.3, 0.4) is 0 Å². The molecule has 0 amide bonds. The first kappa shape index (κ1) is 24.9. The number of rotatable bonds is 2. The van der Waals surface area contributed by atoms with Crippen LogP contribution in [-0.4, -0.2) is 12.1 Å². The number of allylic oxidation sites excluding steroid dienone is 1. The fourth-order valence-electron chi connectivity index (χ4n) is 11.9. The van der Waals surface area contributed by atoms with Crippen molar-refractivity contribution in [2.75, 3.05) is 0 Å². The second-order valence-corrected chi connectivity index (χ2v) is 15.3. The van der Waals surface area contributed by atoms with Gasteiger partial charge in [-0.25, -0.2) is 0 Å². The van der Waals surface area contributed by atoms with Gasteiger partial charge in [0.15, 0.2) is 0 Å². The van der Waals surface area contributed by atoms with Crippen LogP contribution in [0.5, 0.6) is 0 Å². The lowest BCUT2D eigenvalue weighted by Gasteiger charge is -2.73. The van der Waals surface area contributed by atoms with Crippen molar-refractivity contribution in [1.82, 2.24) is 0 Å². The van der Waals surface area contributed by atoms with Gasteiger partial charge in [0.05, 0.1) is 0 Å². The molecule has 10 atom stereocenters. The number of hydrogen-bond donors (Lipinski definition) is 0. The Labute approximate surface area is 210 Å². The molecule has 2 nitrogen and oxygen atoms in total. The van der Waals surface area contributed by atoms with E-state index in [-0.39, 0.29) is 17.5 Å². The summed E-state index contributed by atoms with van der Waals surface area (Å²) in [6, 6.07) is 0. The molecule has 5 saturated carbocycles. The average molecular weight is 469 g/mol. The standard InChI is InChI=1S/C32H52O2/c1-20(2)22-12-15-29(6)18-19-31(8)23(27(22)29)10-11-25-30(7)16-14-26(34-21(3)33)28(4,5)24(30)13-17-32(25,31)9/h22-27H,1,10-19H2,2-9H3/t22-,23+,24+,25+,26-,27+,29+,30+,31+,32+/m0/s1. The van der Waals surface area contributed by atoms with Gasteiger partial charge in [-0.3, -0.25) is 4.79 Å². The van der Waals surface area contributed by atoms with E-state index in [1.165, 1.54) is 63.4 Å². The third-order valence-electron chi connectivity index (χ3n) is 13.7. The maximum absolute atomic E-state index is 11.9. The highest BCUT2D eigenvalue weighted by Crippen LogP contribution is 2.77. The van der Waals surface area contributed by atoms with Gasteiger partial charge in [-0.05, 0) is 122 Å². The molecule has 0 N–H and O–H groups in total. The van der Waals surface area contributed by atoms with Crippen molar-refractivity contribution in [1.29, 1.82) is 0 Å². The van der Waals surface area contributed by atoms with Crippen LogP contribution in [-0.2, 0) is 9.53 Å². The van der Waals surface area contributed by atoms with Crippen LogP contribution in [0.15, 0.2) is 12.2 Å². The van der Waals surface area contributed by atoms with E-state index in [4.69, 9.17) is 4.74 Å². The molecule has 0 spiro atoms. The monoisotopic (exact) mass is 468 g/mol. The molecular weight excluding hydrogens is 416 g/mol. The van der Waals surface area contributed by atoms with Crippen molar-refractivity contribution in [2.45, 2.75) is 126 Å². The molecule has 34 heavy (non-hydrogen) atoms. The van der Waals surface area contributed by atoms with E-state index < -0.39 is 0 Å². The van der Waals surface area contributed by atoms with Gasteiger partial charge in [0.1, 0.15) is 6.10 Å². The summed E-state index contributed by atoms with van der Waals surface area (Å²) in [5.41, 5.74) is 3.23. The zero-order chi connectivity index (χ0) is 24.9. The van der Waals surface area contributed by atoms with E-state index >= 15 is 0 Å². The predicted molar refractivity (Wildman–Crippen MR) is 140 cm³/mol. The fourth-order valence-corrected chi connectivity index (χ4v) is 11.9. The first-order valence-electron chi connectivity index (χ1n) is 14.5. The molecule has 0 aliphatic heterocycles. The normalized spacial score (nSPS) is 53.6. The van der Waals surface area contributed by atoms with Crippen LogP contribution in [0.4, 0.5) is 0 Å². The molecule has 5 aliphatic rings. The number of fused-ring (bicyclic) bond motifs is 7. The predicted octanol–water partition coefficient (Wildman–Crippen LogP) is 8.60. The molecule has 0 radical (unpaired) electrons. The molecule has 0 heterocycles. The Morgan fingerprint density at radius 2 is 1.47 bits per heavy atom. The minimum atomic E-state index is -0.107. The SMILES string of the molecule is C=C(C)[C@@H]1CC[C@]2(C)CC[C@]3(C)[C@H](CC[C@@H]4[C@]5(C)CC[C@H](OC(C)=O)C(C)(C)[C@H]5CC[C@]43C)[C@@H]12. The summed E-state index contributed by atoms with van der Waals surface area (Å²) in [4.78, 5) is 11.9. The van der Waals surface area contributed by atoms with Gasteiger partial charge in [-0.1, -0.05) is 53.7 Å². The topological polar surface area (TPSA) is 26.3 Å². The van der Waals surface area contributed by atoms with Crippen LogP contribution < -0.4 is 0 Å². The lowest BCUT2D eigenvalue weighted by atomic mass is 9.32. The van der Waals surface area contributed by atoms with Gasteiger partial charge in [0, 0.05) is 12.3 Å². The molecule has 0 unspecified atom stereocenters. The molecule has 0 saturated heterocycles. The molecule has 5 fully saturated rings. The summed E-state index contributed by atoms with van der Waals surface area (Å²) in [5.74, 6) is 3.74. The summed E-state index contributed by atoms with van der Waals surface area (Å²) < 4.78 is 5.91. The minimum absolute atomic E-state index is 0.0550. The van der Waals surface area contributed by atoms with Crippen molar-refractivity contribution in [3.63, 3.8) is 0 Å². The van der Waals surface area contributed by atoms with Gasteiger partial charge < -0.3 is 4.74 Å². The Hall–Kier alpha value is -0.790. The number of hydrogen-bond acceptors (Lipinski definition) is 2. The van der Waals surface area contributed by atoms with Crippen LogP contribution in [0.1, 0.15) is 120 Å². The highest BCUT2D eigenvalue weighted by atomic mass is 16.5. The summed E-state index contributed by atoms with van der Waals surface area (Å²) in [5, 5.41) is 0. The maximum Gasteiger partial charge on any atom is 0.302 e. The Balaban J connectivity index is 1.50. The van der Waals surface area contributed by atoms with E-state index in [1.807, 2.05) is 0 Å². The Morgan fingerprint density at radius 1 is 0.765 bits per heavy atom.